The van der Waals surface area contributed by atoms with Gasteiger partial charge in [0.25, 0.3) is 5.91 Å². The van der Waals surface area contributed by atoms with Crippen LogP contribution in [-0.4, -0.2) is 101 Å². The van der Waals surface area contributed by atoms with Crippen LogP contribution in [0.25, 0.3) is 10.9 Å². The number of fused-ring (bicyclic) bond motifs is 3. The van der Waals surface area contributed by atoms with Gasteiger partial charge in [-0.05, 0) is 83.4 Å². The van der Waals surface area contributed by atoms with Gasteiger partial charge in [0, 0.05) is 36.1 Å². The van der Waals surface area contributed by atoms with E-state index in [0.29, 0.717) is 72.2 Å². The van der Waals surface area contributed by atoms with Crippen molar-refractivity contribution in [1.29, 1.82) is 0 Å². The number of carbonyl (C=O) groups is 4. The Bertz CT molecular complexity index is 2350. The number of allylic oxidation sites excluding steroid dienone is 2. The Balaban J connectivity index is 1.22. The summed E-state index contributed by atoms with van der Waals surface area (Å²) >= 11 is 0. The van der Waals surface area contributed by atoms with Gasteiger partial charge in [-0.1, -0.05) is 25.0 Å². The van der Waals surface area contributed by atoms with Crippen LogP contribution in [0.15, 0.2) is 42.6 Å². The monoisotopic (exact) mass is 872 g/mol. The van der Waals surface area contributed by atoms with E-state index >= 15 is 0 Å². The second-order valence-electron chi connectivity index (χ2n) is 16.8. The first-order chi connectivity index (χ1) is 28.9. The van der Waals surface area contributed by atoms with Gasteiger partial charge in [0.2, 0.25) is 27.7 Å². The lowest BCUT2D eigenvalue weighted by Gasteiger charge is -2.29. The Kier molecular flexibility index (Phi) is 12.2. The number of hydrogen-bond donors (Lipinski definition) is 2. The van der Waals surface area contributed by atoms with Gasteiger partial charge in [0.1, 0.15) is 35.9 Å². The molecule has 1 saturated heterocycles. The van der Waals surface area contributed by atoms with Crippen molar-refractivity contribution < 1.29 is 55.0 Å². The van der Waals surface area contributed by atoms with Gasteiger partial charge in [-0.25, -0.2) is 13.4 Å². The van der Waals surface area contributed by atoms with E-state index in [1.807, 2.05) is 26.0 Å². The zero-order valence-corrected chi connectivity index (χ0v) is 35.4. The molecule has 330 valence electrons. The average Bonchev–Trinajstić information content (AvgIpc) is 3.99. The van der Waals surface area contributed by atoms with E-state index in [4.69, 9.17) is 14.2 Å². The summed E-state index contributed by atoms with van der Waals surface area (Å²) in [5.41, 5.74) is -0.409. The fraction of sp³-hybridized carbons (Fsp3) is 0.571. The van der Waals surface area contributed by atoms with E-state index in [1.54, 1.807) is 32.2 Å². The molecule has 7 rings (SSSR count). The summed E-state index contributed by atoms with van der Waals surface area (Å²) in [6.07, 6.45) is 2.72. The van der Waals surface area contributed by atoms with E-state index in [9.17, 15) is 40.8 Å². The molecule has 5 atom stereocenters. The van der Waals surface area contributed by atoms with Gasteiger partial charge in [-0.15, -0.1) is 0 Å². The number of nitrogens with zero attached hydrogens (tertiary/aromatic N) is 4. The fourth-order valence-corrected chi connectivity index (χ4v) is 9.68. The molecule has 3 fully saturated rings. The lowest BCUT2D eigenvalue weighted by Crippen LogP contribution is -2.52. The van der Waals surface area contributed by atoms with Crippen LogP contribution in [0.2, 0.25) is 0 Å². The minimum Gasteiger partial charge on any atom is -0.496 e. The summed E-state index contributed by atoms with van der Waals surface area (Å²) in [7, 11) is -2.48. The van der Waals surface area contributed by atoms with Crippen molar-refractivity contribution in [2.24, 2.45) is 11.3 Å². The molecule has 2 aliphatic carbocycles. The van der Waals surface area contributed by atoms with Crippen LogP contribution in [0.3, 0.4) is 0 Å². The lowest BCUT2D eigenvalue weighted by molar-refractivity contribution is -0.142. The zero-order chi connectivity index (χ0) is 43.9. The van der Waals surface area contributed by atoms with Crippen LogP contribution in [-0.2, 0) is 31.0 Å². The number of nitrogens with one attached hydrogen (secondary N) is 2. The Hall–Kier alpha value is -5.20. The molecule has 3 aromatic rings. The summed E-state index contributed by atoms with van der Waals surface area (Å²) in [6, 6.07) is 3.95. The van der Waals surface area contributed by atoms with E-state index in [2.05, 4.69) is 20.1 Å². The lowest BCUT2D eigenvalue weighted by atomic mass is 9.91. The van der Waals surface area contributed by atoms with Gasteiger partial charge < -0.3 is 24.4 Å². The molecule has 61 heavy (non-hydrogen) atoms. The van der Waals surface area contributed by atoms with Gasteiger partial charge in [-0.3, -0.25) is 28.6 Å². The number of alkyl halides is 3. The van der Waals surface area contributed by atoms with E-state index in [1.165, 1.54) is 4.90 Å². The molecule has 2 aromatic heterocycles. The van der Waals surface area contributed by atoms with Crippen molar-refractivity contribution in [3.8, 4) is 17.4 Å². The number of carbonyl (C=O) groups excluding carboxylic acids is 4. The van der Waals surface area contributed by atoms with Crippen molar-refractivity contribution in [3.05, 3.63) is 53.9 Å². The van der Waals surface area contributed by atoms with Gasteiger partial charge >= 0.3 is 6.18 Å². The highest BCUT2D eigenvalue weighted by Gasteiger charge is 2.62. The summed E-state index contributed by atoms with van der Waals surface area (Å²) in [5.74, 6) is -1.91. The Labute approximate surface area is 351 Å². The van der Waals surface area contributed by atoms with Crippen LogP contribution in [0.5, 0.6) is 17.4 Å². The first kappa shape index (κ1) is 43.9. The Morgan fingerprint density at radius 3 is 2.56 bits per heavy atom. The molecule has 15 nitrogen and oxygen atoms in total. The maximum Gasteiger partial charge on any atom is 0.408 e. The van der Waals surface area contributed by atoms with Crippen molar-refractivity contribution in [3.63, 3.8) is 0 Å². The van der Waals surface area contributed by atoms with E-state index in [-0.39, 0.29) is 43.8 Å². The molecule has 3 amide bonds. The highest BCUT2D eigenvalue weighted by Crippen LogP contribution is 2.57. The molecule has 0 spiro atoms. The fourth-order valence-electron chi connectivity index (χ4n) is 8.35. The predicted molar refractivity (Wildman–Crippen MR) is 215 cm³/mol. The molecular weight excluding hydrogens is 822 g/mol. The van der Waals surface area contributed by atoms with Crippen molar-refractivity contribution >= 4 is 44.4 Å². The maximum atomic E-state index is 14.8. The maximum absolute atomic E-state index is 14.8. The summed E-state index contributed by atoms with van der Waals surface area (Å²) in [6.45, 7) is 4.01. The van der Waals surface area contributed by atoms with Crippen LogP contribution < -0.4 is 24.2 Å². The highest BCUT2D eigenvalue weighted by molar-refractivity contribution is 7.91. The third-order valence-corrected chi connectivity index (χ3v) is 14.5. The average molecular weight is 873 g/mol. The quantitative estimate of drug-likeness (QED) is 0.237. The molecular formula is C42H51F3N6O9S. The molecule has 2 N–H and O–H groups in total. The molecule has 2 aliphatic heterocycles. The Morgan fingerprint density at radius 1 is 1.08 bits per heavy atom. The number of halogens is 3. The zero-order valence-electron chi connectivity index (χ0n) is 34.5. The Morgan fingerprint density at radius 2 is 1.85 bits per heavy atom. The summed E-state index contributed by atoms with van der Waals surface area (Å²) in [5, 5.41) is 7.07. The number of pyridine rings is 1. The molecule has 19 heteroatoms. The molecule has 0 unspecified atom stereocenters. The largest absolute Gasteiger partial charge is 0.496 e. The van der Waals surface area contributed by atoms with Crippen LogP contribution in [0, 0.1) is 18.3 Å². The third-order valence-electron chi connectivity index (χ3n) is 12.3. The SMILES string of the molecule is CCOc1cc(O[C@@H]2C[C@H]3C(=O)C[C@]4(C(=O)NS(=O)(=O)C5(C)CC5)C[C@H]4/C=C\CCCCC[C@H](NC(=O)c4ccn(CC(F)(F)F)n4)C(=O)N3C2)c2ccc(OC)c(C)c2n1. The normalized spacial score (nSPS) is 26.0. The van der Waals surface area contributed by atoms with Crippen LogP contribution in [0.1, 0.15) is 94.1 Å². The number of Topliss-reactive ketones (excluding diaryl/α,β-unsaturated/α-hetero) is 1. The number of rotatable bonds is 11. The molecule has 0 bridgehead atoms. The number of aromatic nitrogens is 3. The first-order valence-corrected chi connectivity index (χ1v) is 22.1. The molecule has 0 radical (unpaired) electrons. The second kappa shape index (κ2) is 16.9. The van der Waals surface area contributed by atoms with Gasteiger partial charge in [0.05, 0.1) is 42.0 Å². The number of aryl methyl sites for hydroxylation is 1. The molecule has 4 aliphatic rings. The van der Waals surface area contributed by atoms with Crippen LogP contribution >= 0.6 is 0 Å². The summed E-state index contributed by atoms with van der Waals surface area (Å²) < 4.78 is 85.4. The molecule has 2 saturated carbocycles. The van der Waals surface area contributed by atoms with Crippen molar-refractivity contribution in [2.75, 3.05) is 20.3 Å². The van der Waals surface area contributed by atoms with E-state index < -0.39 is 80.5 Å². The number of ketones is 1. The minimum atomic E-state index is -4.58. The number of ether oxygens (including phenoxy) is 3. The summed E-state index contributed by atoms with van der Waals surface area (Å²) in [4.78, 5) is 62.9. The van der Waals surface area contributed by atoms with Crippen molar-refractivity contribution in [2.45, 2.75) is 121 Å². The standard InChI is InChI=1S/C42H51F3N6O9S/c1-5-59-35-20-34(28-13-14-33(58-4)25(2)36(28)47-35)60-27-19-31-32(52)22-41(39(55)49-61(56,57)40(3)16-17-40)21-26(41)11-9-7-6-8-10-12-30(38(54)51(31)23-27)46-37(53)29-15-18-50(48-29)24-42(43,44)45/h9,11,13-15,18,20,26-27,30-31H,5-8,10,12,16-17,19,21-24H2,1-4H3,(H,46,53)(H,49,55)/b11-9-/t26-,27-,30+,31+,41-/m1/s1. The number of methoxy groups -OCH3 is 1. The minimum absolute atomic E-state index is 0.00934. The number of hydrogen-bond acceptors (Lipinski definition) is 11. The number of benzene rings is 1. The van der Waals surface area contributed by atoms with Crippen molar-refractivity contribution in [1.82, 2.24) is 29.7 Å². The molecule has 4 heterocycles. The second-order valence-corrected chi connectivity index (χ2v) is 19.0. The van der Waals surface area contributed by atoms with E-state index in [0.717, 1.165) is 17.8 Å². The topological polar surface area (TPSA) is 188 Å². The molecule has 1 aromatic carbocycles. The number of amides is 3. The van der Waals surface area contributed by atoms with Gasteiger partial charge in [0.15, 0.2) is 5.78 Å². The number of sulfonamides is 1. The highest BCUT2D eigenvalue weighted by atomic mass is 32.2. The smallest absolute Gasteiger partial charge is 0.408 e. The predicted octanol–water partition coefficient (Wildman–Crippen LogP) is 5.34. The van der Waals surface area contributed by atoms with Crippen LogP contribution in [0.4, 0.5) is 13.2 Å². The first-order valence-electron chi connectivity index (χ1n) is 20.6. The van der Waals surface area contributed by atoms with Gasteiger partial charge in [-0.2, -0.15) is 18.3 Å². The third kappa shape index (κ3) is 9.35.